The maximum atomic E-state index is 11.3. The summed E-state index contributed by atoms with van der Waals surface area (Å²) in [4.78, 5) is 15.5. The topological polar surface area (TPSA) is 63.2 Å². The standard InChI is InChI=1S/C16H23N3O2/c1-2-21-16(20)19-14-8-9-15(18-12-14)17-11-10-13-6-4-3-5-7-13/h6,8-9,12H,2-5,7,10-11H2,1H3,(H,17,18)(H,19,20). The first-order valence-corrected chi connectivity index (χ1v) is 7.59. The Morgan fingerprint density at radius 1 is 1.38 bits per heavy atom. The number of carbonyl (C=O) groups is 1. The molecule has 21 heavy (non-hydrogen) atoms. The molecule has 2 N–H and O–H groups in total. The Labute approximate surface area is 125 Å². The summed E-state index contributed by atoms with van der Waals surface area (Å²) in [7, 11) is 0. The summed E-state index contributed by atoms with van der Waals surface area (Å²) in [6, 6.07) is 3.67. The van der Waals surface area contributed by atoms with E-state index in [9.17, 15) is 4.79 Å². The van der Waals surface area contributed by atoms with Crippen LogP contribution in [0.15, 0.2) is 30.0 Å². The Morgan fingerprint density at radius 2 is 2.29 bits per heavy atom. The molecule has 1 aromatic rings. The largest absolute Gasteiger partial charge is 0.450 e. The number of nitrogens with zero attached hydrogens (tertiary/aromatic N) is 1. The van der Waals surface area contributed by atoms with Crippen molar-refractivity contribution in [1.82, 2.24) is 4.98 Å². The van der Waals surface area contributed by atoms with E-state index in [0.717, 1.165) is 18.8 Å². The van der Waals surface area contributed by atoms with Crippen LogP contribution in [0.4, 0.5) is 16.3 Å². The summed E-state index contributed by atoms with van der Waals surface area (Å²) in [5, 5.41) is 5.92. The van der Waals surface area contributed by atoms with Crippen molar-refractivity contribution in [1.29, 1.82) is 0 Å². The molecule has 0 fully saturated rings. The van der Waals surface area contributed by atoms with Crippen molar-refractivity contribution in [2.24, 2.45) is 0 Å². The predicted octanol–water partition coefficient (Wildman–Crippen LogP) is 3.95. The lowest BCUT2D eigenvalue weighted by Gasteiger charge is -2.13. The number of amides is 1. The lowest BCUT2D eigenvalue weighted by molar-refractivity contribution is 0.168. The number of aromatic nitrogens is 1. The SMILES string of the molecule is CCOC(=O)Nc1ccc(NCCC2=CCCCC2)nc1. The van der Waals surface area contributed by atoms with Gasteiger partial charge in [0, 0.05) is 6.54 Å². The second kappa shape index (κ2) is 8.29. The third-order valence-electron chi connectivity index (χ3n) is 3.42. The first-order valence-electron chi connectivity index (χ1n) is 7.59. The summed E-state index contributed by atoms with van der Waals surface area (Å²) < 4.78 is 4.81. The molecule has 0 atom stereocenters. The highest BCUT2D eigenvalue weighted by Gasteiger charge is 2.04. The number of pyridine rings is 1. The van der Waals surface area contributed by atoms with Crippen LogP contribution in [-0.2, 0) is 4.74 Å². The highest BCUT2D eigenvalue weighted by atomic mass is 16.5. The van der Waals surface area contributed by atoms with E-state index in [1.807, 2.05) is 12.1 Å². The van der Waals surface area contributed by atoms with Crippen LogP contribution in [0.5, 0.6) is 0 Å². The van der Waals surface area contributed by atoms with Crippen molar-refractivity contribution < 1.29 is 9.53 Å². The summed E-state index contributed by atoms with van der Waals surface area (Å²) in [6.45, 7) is 3.02. The average Bonchev–Trinajstić information content (AvgIpc) is 2.50. The van der Waals surface area contributed by atoms with E-state index in [-0.39, 0.29) is 0 Å². The number of carbonyl (C=O) groups excluding carboxylic acids is 1. The maximum absolute atomic E-state index is 11.3. The van der Waals surface area contributed by atoms with Gasteiger partial charge in [-0.1, -0.05) is 11.6 Å². The zero-order valence-electron chi connectivity index (χ0n) is 12.5. The number of hydrogen-bond donors (Lipinski definition) is 2. The quantitative estimate of drug-likeness (QED) is 0.778. The minimum atomic E-state index is -0.454. The molecule has 5 nitrogen and oxygen atoms in total. The molecule has 5 heteroatoms. The third kappa shape index (κ3) is 5.45. The predicted molar refractivity (Wildman–Crippen MR) is 84.5 cm³/mol. The molecule has 0 aliphatic heterocycles. The van der Waals surface area contributed by atoms with Gasteiger partial charge >= 0.3 is 6.09 Å². The molecule has 2 rings (SSSR count). The second-order valence-electron chi connectivity index (χ2n) is 5.06. The minimum absolute atomic E-state index is 0.356. The molecule has 1 aliphatic rings. The number of rotatable bonds is 6. The van der Waals surface area contributed by atoms with Crippen molar-refractivity contribution in [3.8, 4) is 0 Å². The smallest absolute Gasteiger partial charge is 0.411 e. The van der Waals surface area contributed by atoms with E-state index in [4.69, 9.17) is 4.74 Å². The van der Waals surface area contributed by atoms with E-state index in [0.29, 0.717) is 12.3 Å². The summed E-state index contributed by atoms with van der Waals surface area (Å²) >= 11 is 0. The number of nitrogens with one attached hydrogen (secondary N) is 2. The lowest BCUT2D eigenvalue weighted by Crippen LogP contribution is -2.13. The van der Waals surface area contributed by atoms with Gasteiger partial charge in [0.25, 0.3) is 0 Å². The maximum Gasteiger partial charge on any atom is 0.411 e. The van der Waals surface area contributed by atoms with E-state index < -0.39 is 6.09 Å². The van der Waals surface area contributed by atoms with Crippen LogP contribution in [-0.4, -0.2) is 24.2 Å². The number of allylic oxidation sites excluding steroid dienone is 1. The molecular weight excluding hydrogens is 266 g/mol. The molecule has 0 radical (unpaired) electrons. The molecule has 0 bridgehead atoms. The van der Waals surface area contributed by atoms with Crippen LogP contribution in [0.1, 0.15) is 39.0 Å². The molecule has 0 unspecified atom stereocenters. The normalized spacial score (nSPS) is 14.2. The van der Waals surface area contributed by atoms with Gasteiger partial charge in [-0.2, -0.15) is 0 Å². The van der Waals surface area contributed by atoms with Crippen molar-refractivity contribution in [3.05, 3.63) is 30.0 Å². The number of anilines is 2. The van der Waals surface area contributed by atoms with Gasteiger partial charge in [-0.25, -0.2) is 9.78 Å². The van der Waals surface area contributed by atoms with Gasteiger partial charge in [-0.05, 0) is 51.2 Å². The fourth-order valence-electron chi connectivity index (χ4n) is 2.34. The van der Waals surface area contributed by atoms with Crippen molar-refractivity contribution >= 4 is 17.6 Å². The van der Waals surface area contributed by atoms with E-state index in [1.54, 1.807) is 18.7 Å². The van der Waals surface area contributed by atoms with Crippen LogP contribution in [0, 0.1) is 0 Å². The van der Waals surface area contributed by atoms with Gasteiger partial charge in [-0.3, -0.25) is 5.32 Å². The van der Waals surface area contributed by atoms with Crippen LogP contribution in [0.2, 0.25) is 0 Å². The monoisotopic (exact) mass is 289 g/mol. The van der Waals surface area contributed by atoms with Gasteiger partial charge in [0.2, 0.25) is 0 Å². The van der Waals surface area contributed by atoms with Crippen LogP contribution in [0.25, 0.3) is 0 Å². The summed E-state index contributed by atoms with van der Waals surface area (Å²) in [6.07, 6.45) is 9.71. The highest BCUT2D eigenvalue weighted by Crippen LogP contribution is 2.20. The van der Waals surface area contributed by atoms with E-state index in [1.165, 1.54) is 25.7 Å². The van der Waals surface area contributed by atoms with Crippen LogP contribution >= 0.6 is 0 Å². The molecule has 0 saturated carbocycles. The van der Waals surface area contributed by atoms with Gasteiger partial charge in [0.05, 0.1) is 18.5 Å². The Balaban J connectivity index is 1.74. The molecule has 0 spiro atoms. The Morgan fingerprint density at radius 3 is 2.95 bits per heavy atom. The Kier molecular flexibility index (Phi) is 6.06. The molecule has 0 aromatic carbocycles. The zero-order valence-corrected chi connectivity index (χ0v) is 12.5. The number of ether oxygens (including phenoxy) is 1. The fourth-order valence-corrected chi connectivity index (χ4v) is 2.34. The summed E-state index contributed by atoms with van der Waals surface area (Å²) in [5.41, 5.74) is 2.18. The fraction of sp³-hybridized carbons (Fsp3) is 0.500. The van der Waals surface area contributed by atoms with Crippen molar-refractivity contribution in [2.45, 2.75) is 39.0 Å². The summed E-state index contributed by atoms with van der Waals surface area (Å²) in [5.74, 6) is 0.820. The first kappa shape index (κ1) is 15.4. The first-order chi connectivity index (χ1) is 10.3. The van der Waals surface area contributed by atoms with Gasteiger partial charge in [-0.15, -0.1) is 0 Å². The second-order valence-corrected chi connectivity index (χ2v) is 5.06. The van der Waals surface area contributed by atoms with Crippen molar-refractivity contribution in [3.63, 3.8) is 0 Å². The van der Waals surface area contributed by atoms with Crippen LogP contribution in [0.3, 0.4) is 0 Å². The molecule has 1 aliphatic carbocycles. The Hall–Kier alpha value is -2.04. The third-order valence-corrected chi connectivity index (χ3v) is 3.42. The Bertz CT molecular complexity index is 483. The average molecular weight is 289 g/mol. The number of hydrogen-bond acceptors (Lipinski definition) is 4. The van der Waals surface area contributed by atoms with Crippen molar-refractivity contribution in [2.75, 3.05) is 23.8 Å². The van der Waals surface area contributed by atoms with Crippen LogP contribution < -0.4 is 10.6 Å². The van der Waals surface area contributed by atoms with Gasteiger partial charge < -0.3 is 10.1 Å². The van der Waals surface area contributed by atoms with E-state index >= 15 is 0 Å². The molecular formula is C16H23N3O2. The van der Waals surface area contributed by atoms with Gasteiger partial charge in [0.1, 0.15) is 5.82 Å². The molecule has 1 heterocycles. The molecule has 1 aromatic heterocycles. The zero-order chi connectivity index (χ0) is 14.9. The van der Waals surface area contributed by atoms with Gasteiger partial charge in [0.15, 0.2) is 0 Å². The minimum Gasteiger partial charge on any atom is -0.450 e. The molecule has 1 amide bonds. The lowest BCUT2D eigenvalue weighted by atomic mass is 9.97. The highest BCUT2D eigenvalue weighted by molar-refractivity contribution is 5.84. The molecule has 0 saturated heterocycles. The molecule has 114 valence electrons. The van der Waals surface area contributed by atoms with E-state index in [2.05, 4.69) is 21.7 Å².